The fourth-order valence-corrected chi connectivity index (χ4v) is 1.41. The van der Waals surface area contributed by atoms with Crippen LogP contribution in [-0.4, -0.2) is 6.61 Å². The van der Waals surface area contributed by atoms with E-state index >= 15 is 0 Å². The summed E-state index contributed by atoms with van der Waals surface area (Å²) in [6.45, 7) is 2.82. The smallest absolute Gasteiger partial charge is 0.387 e. The van der Waals surface area contributed by atoms with Gasteiger partial charge in [-0.1, -0.05) is 17.7 Å². The predicted octanol–water partition coefficient (Wildman–Crippen LogP) is 3.25. The van der Waals surface area contributed by atoms with E-state index < -0.39 is 6.61 Å². The largest absolute Gasteiger partial charge is 0.435 e. The molecule has 0 radical (unpaired) electrons. The molecule has 0 aliphatic heterocycles. The Morgan fingerprint density at radius 1 is 1.50 bits per heavy atom. The van der Waals surface area contributed by atoms with E-state index in [-0.39, 0.29) is 11.8 Å². The topological polar surface area (TPSA) is 35.2 Å². The van der Waals surface area contributed by atoms with Crippen molar-refractivity contribution in [3.05, 3.63) is 42.0 Å². The molecule has 1 unspecified atom stereocenters. The van der Waals surface area contributed by atoms with E-state index in [1.807, 2.05) is 6.92 Å². The normalized spacial score (nSPS) is 12.6. The van der Waals surface area contributed by atoms with Crippen LogP contribution in [0.1, 0.15) is 24.9 Å². The highest BCUT2D eigenvalue weighted by Crippen LogP contribution is 2.22. The minimum atomic E-state index is -2.81. The molecule has 0 aliphatic carbocycles. The first-order valence-corrected chi connectivity index (χ1v) is 4.93. The Bertz CT molecular complexity index is 366. The quantitative estimate of drug-likeness (QED) is 0.783. The summed E-state index contributed by atoms with van der Waals surface area (Å²) in [6, 6.07) is 6.19. The number of hydrogen-bond donors (Lipinski definition) is 1. The first-order chi connectivity index (χ1) is 7.49. The molecule has 0 amide bonds. The molecule has 1 aromatic carbocycles. The molecule has 0 heterocycles. The van der Waals surface area contributed by atoms with E-state index in [0.717, 1.165) is 11.1 Å². The van der Waals surface area contributed by atoms with Crippen molar-refractivity contribution >= 4 is 0 Å². The average molecular weight is 227 g/mol. The fourth-order valence-electron chi connectivity index (χ4n) is 1.41. The number of hydrogen-bond acceptors (Lipinski definition) is 2. The highest BCUT2D eigenvalue weighted by Gasteiger charge is 2.09. The van der Waals surface area contributed by atoms with Crippen LogP contribution in [0.25, 0.3) is 0 Å². The predicted molar refractivity (Wildman–Crippen MR) is 59.4 cm³/mol. The van der Waals surface area contributed by atoms with Crippen molar-refractivity contribution in [2.75, 3.05) is 0 Å². The summed E-state index contributed by atoms with van der Waals surface area (Å²) in [5, 5.41) is 0. The zero-order valence-corrected chi connectivity index (χ0v) is 9.12. The molecule has 16 heavy (non-hydrogen) atoms. The lowest BCUT2D eigenvalue weighted by Crippen LogP contribution is -2.11. The van der Waals surface area contributed by atoms with Gasteiger partial charge in [0.25, 0.3) is 0 Å². The van der Waals surface area contributed by atoms with Gasteiger partial charge in [0, 0.05) is 6.04 Å². The van der Waals surface area contributed by atoms with Crippen LogP contribution in [0.3, 0.4) is 0 Å². The summed E-state index contributed by atoms with van der Waals surface area (Å²) in [5.74, 6) is 0.129. The summed E-state index contributed by atoms with van der Waals surface area (Å²) in [6.07, 6.45) is 0.623. The molecule has 0 spiro atoms. The molecule has 1 rings (SSSR count). The Morgan fingerprint density at radius 2 is 2.19 bits per heavy atom. The first kappa shape index (κ1) is 12.6. The number of alkyl halides is 2. The Labute approximate surface area is 93.7 Å². The third-order valence-corrected chi connectivity index (χ3v) is 2.08. The van der Waals surface area contributed by atoms with Gasteiger partial charge < -0.3 is 10.5 Å². The Hall–Kier alpha value is -1.42. The lowest BCUT2D eigenvalue weighted by Gasteiger charge is -2.13. The Kier molecular flexibility index (Phi) is 4.43. The molecular weight excluding hydrogens is 212 g/mol. The van der Waals surface area contributed by atoms with Crippen molar-refractivity contribution in [3.8, 4) is 5.75 Å². The van der Waals surface area contributed by atoms with Gasteiger partial charge in [-0.3, -0.25) is 0 Å². The molecule has 0 aromatic heterocycles. The molecule has 0 saturated heterocycles. The van der Waals surface area contributed by atoms with Crippen molar-refractivity contribution in [3.63, 3.8) is 0 Å². The molecule has 1 aromatic rings. The number of ether oxygens (including phenoxy) is 1. The van der Waals surface area contributed by atoms with Crippen LogP contribution in [0.2, 0.25) is 0 Å². The Morgan fingerprint density at radius 3 is 2.75 bits per heavy atom. The third kappa shape index (κ3) is 3.98. The van der Waals surface area contributed by atoms with Gasteiger partial charge >= 0.3 is 6.61 Å². The second-order valence-electron chi connectivity index (χ2n) is 3.72. The SMILES string of the molecule is C=C(C)CC(N)c1cccc(OC(F)F)c1. The van der Waals surface area contributed by atoms with Gasteiger partial charge in [-0.25, -0.2) is 0 Å². The molecule has 0 bridgehead atoms. The maximum absolute atomic E-state index is 12.0. The van der Waals surface area contributed by atoms with Crippen molar-refractivity contribution in [2.45, 2.75) is 26.0 Å². The van der Waals surface area contributed by atoms with Gasteiger partial charge in [0.15, 0.2) is 0 Å². The standard InChI is InChI=1S/C12H15F2NO/c1-8(2)6-11(15)9-4-3-5-10(7-9)16-12(13)14/h3-5,7,11-12H,1,6,15H2,2H3. The van der Waals surface area contributed by atoms with E-state index in [0.29, 0.717) is 6.42 Å². The third-order valence-electron chi connectivity index (χ3n) is 2.08. The lowest BCUT2D eigenvalue weighted by molar-refractivity contribution is -0.0498. The summed E-state index contributed by atoms with van der Waals surface area (Å²) >= 11 is 0. The van der Waals surface area contributed by atoms with Crippen LogP contribution < -0.4 is 10.5 Å². The van der Waals surface area contributed by atoms with E-state index in [2.05, 4.69) is 11.3 Å². The van der Waals surface area contributed by atoms with E-state index in [1.54, 1.807) is 12.1 Å². The van der Waals surface area contributed by atoms with Crippen molar-refractivity contribution < 1.29 is 13.5 Å². The monoisotopic (exact) mass is 227 g/mol. The maximum Gasteiger partial charge on any atom is 0.387 e. The molecule has 0 fully saturated rings. The van der Waals surface area contributed by atoms with Crippen LogP contribution in [0, 0.1) is 0 Å². The minimum Gasteiger partial charge on any atom is -0.435 e. The van der Waals surface area contributed by atoms with E-state index in [9.17, 15) is 8.78 Å². The van der Waals surface area contributed by atoms with Crippen LogP contribution in [0.15, 0.2) is 36.4 Å². The van der Waals surface area contributed by atoms with Crippen molar-refractivity contribution in [1.29, 1.82) is 0 Å². The molecular formula is C12H15F2NO. The van der Waals surface area contributed by atoms with Gasteiger partial charge in [-0.15, -0.1) is 6.58 Å². The van der Waals surface area contributed by atoms with E-state index in [1.165, 1.54) is 12.1 Å². The van der Waals surface area contributed by atoms with Crippen LogP contribution in [0.5, 0.6) is 5.75 Å². The number of benzene rings is 1. The van der Waals surface area contributed by atoms with Crippen molar-refractivity contribution in [2.24, 2.45) is 5.73 Å². The van der Waals surface area contributed by atoms with Gasteiger partial charge in [0.05, 0.1) is 0 Å². The highest BCUT2D eigenvalue weighted by atomic mass is 19.3. The lowest BCUT2D eigenvalue weighted by atomic mass is 10.0. The number of nitrogens with two attached hydrogens (primary N) is 1. The summed E-state index contributed by atoms with van der Waals surface area (Å²) in [4.78, 5) is 0. The summed E-state index contributed by atoms with van der Waals surface area (Å²) in [5.41, 5.74) is 7.61. The van der Waals surface area contributed by atoms with Crippen molar-refractivity contribution in [1.82, 2.24) is 0 Å². The van der Waals surface area contributed by atoms with Crippen LogP contribution >= 0.6 is 0 Å². The summed E-state index contributed by atoms with van der Waals surface area (Å²) < 4.78 is 28.3. The average Bonchev–Trinajstić information content (AvgIpc) is 2.16. The summed E-state index contributed by atoms with van der Waals surface area (Å²) in [7, 11) is 0. The molecule has 0 saturated carbocycles. The highest BCUT2D eigenvalue weighted by molar-refractivity contribution is 5.31. The molecule has 2 N–H and O–H groups in total. The molecule has 88 valence electrons. The molecule has 2 nitrogen and oxygen atoms in total. The van der Waals surface area contributed by atoms with Gasteiger partial charge in [-0.05, 0) is 31.0 Å². The molecule has 1 atom stereocenters. The van der Waals surface area contributed by atoms with E-state index in [4.69, 9.17) is 5.73 Å². The van der Waals surface area contributed by atoms with Gasteiger partial charge in [-0.2, -0.15) is 8.78 Å². The minimum absolute atomic E-state index is 0.129. The maximum atomic E-state index is 12.0. The first-order valence-electron chi connectivity index (χ1n) is 4.93. The Balaban J connectivity index is 2.77. The molecule has 0 aliphatic rings. The number of halogens is 2. The van der Waals surface area contributed by atoms with Gasteiger partial charge in [0.2, 0.25) is 0 Å². The molecule has 4 heteroatoms. The van der Waals surface area contributed by atoms with Crippen LogP contribution in [0.4, 0.5) is 8.78 Å². The van der Waals surface area contributed by atoms with Gasteiger partial charge in [0.1, 0.15) is 5.75 Å². The van der Waals surface area contributed by atoms with Crippen LogP contribution in [-0.2, 0) is 0 Å². The second-order valence-corrected chi connectivity index (χ2v) is 3.72. The zero-order chi connectivity index (χ0) is 12.1. The zero-order valence-electron chi connectivity index (χ0n) is 9.12. The second kappa shape index (κ2) is 5.61. The fraction of sp³-hybridized carbons (Fsp3) is 0.333. The number of rotatable bonds is 5.